The number of hydrogen-bond acceptors (Lipinski definition) is 6. The lowest BCUT2D eigenvalue weighted by Gasteiger charge is -2.28. The van der Waals surface area contributed by atoms with Crippen molar-refractivity contribution in [3.8, 4) is 0 Å². The molecule has 1 aromatic heterocycles. The largest absolute Gasteiger partial charge is 0.383 e. The molecule has 1 aliphatic heterocycles. The highest BCUT2D eigenvalue weighted by Crippen LogP contribution is 2.20. The molecule has 0 unspecified atom stereocenters. The van der Waals surface area contributed by atoms with E-state index in [9.17, 15) is 0 Å². The minimum atomic E-state index is 0.529. The van der Waals surface area contributed by atoms with Gasteiger partial charge >= 0.3 is 0 Å². The summed E-state index contributed by atoms with van der Waals surface area (Å²) in [5.74, 6) is 2.20. The summed E-state index contributed by atoms with van der Waals surface area (Å²) >= 11 is 1.51. The highest BCUT2D eigenvalue weighted by molar-refractivity contribution is 7.98. The van der Waals surface area contributed by atoms with Crippen molar-refractivity contribution in [2.45, 2.75) is 24.4 Å². The lowest BCUT2D eigenvalue weighted by Crippen LogP contribution is -2.30. The first-order valence-corrected chi connectivity index (χ1v) is 8.01. The fraction of sp³-hybridized carbons (Fsp3) is 0.692. The van der Waals surface area contributed by atoms with Crippen molar-refractivity contribution in [3.63, 3.8) is 0 Å². The van der Waals surface area contributed by atoms with Crippen LogP contribution in [0.1, 0.15) is 19.3 Å². The number of piperidine rings is 1. The maximum absolute atomic E-state index is 5.75. The molecule has 1 aromatic rings. The Morgan fingerprint density at radius 3 is 2.84 bits per heavy atom. The first-order chi connectivity index (χ1) is 9.17. The van der Waals surface area contributed by atoms with E-state index in [0.717, 1.165) is 23.4 Å². The van der Waals surface area contributed by atoms with Gasteiger partial charge in [-0.25, -0.2) is 9.97 Å². The Morgan fingerprint density at radius 1 is 1.42 bits per heavy atom. The second kappa shape index (κ2) is 6.96. The first kappa shape index (κ1) is 14.4. The summed E-state index contributed by atoms with van der Waals surface area (Å²) in [7, 11) is 2.20. The molecule has 19 heavy (non-hydrogen) atoms. The maximum Gasteiger partial charge on any atom is 0.191 e. The van der Waals surface area contributed by atoms with Crippen LogP contribution in [0.4, 0.5) is 11.6 Å². The van der Waals surface area contributed by atoms with E-state index in [-0.39, 0.29) is 0 Å². The molecular weight excluding hydrogens is 258 g/mol. The van der Waals surface area contributed by atoms with Gasteiger partial charge in [0.25, 0.3) is 0 Å². The van der Waals surface area contributed by atoms with Crippen molar-refractivity contribution in [3.05, 3.63) is 6.07 Å². The Bertz CT molecular complexity index is 404. The second-order valence-electron chi connectivity index (χ2n) is 5.13. The van der Waals surface area contributed by atoms with Gasteiger partial charge in [-0.05, 0) is 51.6 Å². The van der Waals surface area contributed by atoms with Gasteiger partial charge in [0.05, 0.1) is 0 Å². The number of nitrogens with zero attached hydrogens (tertiary/aromatic N) is 3. The highest BCUT2D eigenvalue weighted by Gasteiger charge is 2.16. The number of thioether (sulfide) groups is 1. The van der Waals surface area contributed by atoms with Crippen molar-refractivity contribution < 1.29 is 0 Å². The van der Waals surface area contributed by atoms with Crippen molar-refractivity contribution in [1.82, 2.24) is 14.9 Å². The van der Waals surface area contributed by atoms with Crippen LogP contribution < -0.4 is 11.1 Å². The molecule has 1 saturated heterocycles. The lowest BCUT2D eigenvalue weighted by molar-refractivity contribution is 0.215. The zero-order valence-electron chi connectivity index (χ0n) is 11.7. The minimum Gasteiger partial charge on any atom is -0.383 e. The van der Waals surface area contributed by atoms with Gasteiger partial charge in [0, 0.05) is 12.6 Å². The van der Waals surface area contributed by atoms with Crippen LogP contribution in [0.3, 0.4) is 0 Å². The summed E-state index contributed by atoms with van der Waals surface area (Å²) in [6, 6.07) is 1.80. The van der Waals surface area contributed by atoms with E-state index in [4.69, 9.17) is 5.73 Å². The molecule has 0 amide bonds. The average Bonchev–Trinajstić information content (AvgIpc) is 2.40. The van der Waals surface area contributed by atoms with Gasteiger partial charge < -0.3 is 16.0 Å². The van der Waals surface area contributed by atoms with Gasteiger partial charge in [-0.1, -0.05) is 11.8 Å². The highest BCUT2D eigenvalue weighted by atomic mass is 32.2. The predicted octanol–water partition coefficient (Wildman–Crippen LogP) is 1.92. The Balaban J connectivity index is 1.77. The SMILES string of the molecule is CSc1nc(N)cc(NCCC2CCN(C)CC2)n1. The molecule has 0 spiro atoms. The van der Waals surface area contributed by atoms with Crippen LogP contribution in [0.25, 0.3) is 0 Å². The molecule has 0 aliphatic carbocycles. The summed E-state index contributed by atoms with van der Waals surface area (Å²) in [6.07, 6.45) is 5.77. The minimum absolute atomic E-state index is 0.529. The van der Waals surface area contributed by atoms with Gasteiger partial charge in [0.15, 0.2) is 5.16 Å². The number of nitrogens with one attached hydrogen (secondary N) is 1. The van der Waals surface area contributed by atoms with Crippen molar-refractivity contribution in [1.29, 1.82) is 0 Å². The molecule has 0 atom stereocenters. The van der Waals surface area contributed by atoms with Gasteiger partial charge in [-0.15, -0.1) is 0 Å². The summed E-state index contributed by atoms with van der Waals surface area (Å²) < 4.78 is 0. The molecule has 106 valence electrons. The van der Waals surface area contributed by atoms with Crippen LogP contribution in [0.5, 0.6) is 0 Å². The smallest absolute Gasteiger partial charge is 0.191 e. The second-order valence-corrected chi connectivity index (χ2v) is 5.90. The van der Waals surface area contributed by atoms with E-state index in [1.54, 1.807) is 6.07 Å². The normalized spacial score (nSPS) is 17.6. The molecule has 6 heteroatoms. The fourth-order valence-corrected chi connectivity index (χ4v) is 2.77. The van der Waals surface area contributed by atoms with Crippen molar-refractivity contribution >= 4 is 23.4 Å². The standard InChI is InChI=1S/C13H23N5S/c1-18-7-4-10(5-8-18)3-6-15-12-9-11(14)16-13(17-12)19-2/h9-10H,3-8H2,1-2H3,(H3,14,15,16,17). The van der Waals surface area contributed by atoms with Crippen LogP contribution >= 0.6 is 11.8 Å². The van der Waals surface area contributed by atoms with E-state index in [1.807, 2.05) is 6.26 Å². The Kier molecular flexibility index (Phi) is 5.27. The molecule has 2 heterocycles. The Morgan fingerprint density at radius 2 is 2.16 bits per heavy atom. The third-order valence-corrected chi connectivity index (χ3v) is 4.15. The van der Waals surface area contributed by atoms with E-state index < -0.39 is 0 Å². The van der Waals surface area contributed by atoms with E-state index in [0.29, 0.717) is 5.82 Å². The topological polar surface area (TPSA) is 67.1 Å². The summed E-state index contributed by atoms with van der Waals surface area (Å²) in [6.45, 7) is 3.40. The van der Waals surface area contributed by atoms with Crippen LogP contribution in [-0.2, 0) is 0 Å². The zero-order chi connectivity index (χ0) is 13.7. The Hall–Kier alpha value is -1.01. The Labute approximate surface area is 119 Å². The first-order valence-electron chi connectivity index (χ1n) is 6.78. The lowest BCUT2D eigenvalue weighted by atomic mass is 9.94. The third kappa shape index (κ3) is 4.54. The van der Waals surface area contributed by atoms with E-state index in [1.165, 1.54) is 44.1 Å². The molecule has 2 rings (SSSR count). The summed E-state index contributed by atoms with van der Waals surface area (Å²) in [5.41, 5.74) is 5.75. The number of likely N-dealkylation sites (tertiary alicyclic amines) is 1. The van der Waals surface area contributed by atoms with E-state index in [2.05, 4.69) is 27.2 Å². The molecule has 5 nitrogen and oxygen atoms in total. The van der Waals surface area contributed by atoms with Crippen molar-refractivity contribution in [2.75, 3.05) is 44.0 Å². The van der Waals surface area contributed by atoms with Gasteiger partial charge in [-0.3, -0.25) is 0 Å². The molecule has 0 aromatic carbocycles. The van der Waals surface area contributed by atoms with Crippen LogP contribution in [0.15, 0.2) is 11.2 Å². The monoisotopic (exact) mass is 281 g/mol. The van der Waals surface area contributed by atoms with Gasteiger partial charge in [0.2, 0.25) is 0 Å². The molecule has 0 radical (unpaired) electrons. The quantitative estimate of drug-likeness (QED) is 0.635. The average molecular weight is 281 g/mol. The van der Waals surface area contributed by atoms with Gasteiger partial charge in [-0.2, -0.15) is 0 Å². The van der Waals surface area contributed by atoms with E-state index >= 15 is 0 Å². The number of aromatic nitrogens is 2. The predicted molar refractivity (Wildman–Crippen MR) is 81.6 cm³/mol. The number of nitrogen functional groups attached to an aromatic ring is 1. The molecule has 0 saturated carbocycles. The molecule has 3 N–H and O–H groups in total. The number of rotatable bonds is 5. The van der Waals surface area contributed by atoms with Crippen LogP contribution in [0.2, 0.25) is 0 Å². The molecule has 1 aliphatic rings. The molecule has 1 fully saturated rings. The number of hydrogen-bond donors (Lipinski definition) is 2. The fourth-order valence-electron chi connectivity index (χ4n) is 2.38. The molecule has 0 bridgehead atoms. The summed E-state index contributed by atoms with van der Waals surface area (Å²) in [4.78, 5) is 10.9. The van der Waals surface area contributed by atoms with Crippen LogP contribution in [0, 0.1) is 5.92 Å². The maximum atomic E-state index is 5.75. The molecular formula is C13H23N5S. The zero-order valence-corrected chi connectivity index (χ0v) is 12.5. The van der Waals surface area contributed by atoms with Crippen molar-refractivity contribution in [2.24, 2.45) is 5.92 Å². The van der Waals surface area contributed by atoms with Gasteiger partial charge in [0.1, 0.15) is 11.6 Å². The number of nitrogens with two attached hydrogens (primary N) is 1. The third-order valence-electron chi connectivity index (χ3n) is 3.60. The van der Waals surface area contributed by atoms with Crippen LogP contribution in [-0.4, -0.2) is 47.8 Å². The number of anilines is 2. The summed E-state index contributed by atoms with van der Waals surface area (Å²) in [5, 5.41) is 4.08.